The molecule has 0 saturated carbocycles. The third-order valence-corrected chi connectivity index (χ3v) is 2.07. The van der Waals surface area contributed by atoms with E-state index in [1.807, 2.05) is 13.0 Å². The first-order valence-electron chi connectivity index (χ1n) is 4.56. The molecular formula is C11H11ClN2O2. The van der Waals surface area contributed by atoms with E-state index in [-0.39, 0.29) is 12.3 Å². The fourth-order valence-corrected chi connectivity index (χ4v) is 1.34. The molecule has 1 rings (SSSR count). The normalized spacial score (nSPS) is 10.8. The Morgan fingerprint density at radius 1 is 1.56 bits per heavy atom. The maximum Gasteiger partial charge on any atom is 0.194 e. The lowest BCUT2D eigenvalue weighted by Gasteiger charge is -2.07. The van der Waals surface area contributed by atoms with Crippen LogP contribution >= 0.6 is 11.6 Å². The van der Waals surface area contributed by atoms with Crippen molar-refractivity contribution < 1.29 is 9.57 Å². The van der Waals surface area contributed by atoms with Gasteiger partial charge in [0.2, 0.25) is 0 Å². The Hall–Kier alpha value is -1.73. The van der Waals surface area contributed by atoms with E-state index in [9.17, 15) is 0 Å². The van der Waals surface area contributed by atoms with Gasteiger partial charge in [0.25, 0.3) is 0 Å². The lowest BCUT2D eigenvalue weighted by atomic mass is 10.2. The number of aryl methyl sites for hydroxylation is 1. The Morgan fingerprint density at radius 2 is 2.31 bits per heavy atom. The maximum atomic E-state index is 8.69. The van der Waals surface area contributed by atoms with Gasteiger partial charge in [0.05, 0.1) is 0 Å². The first kappa shape index (κ1) is 12.3. The maximum absolute atomic E-state index is 8.69. The van der Waals surface area contributed by atoms with Crippen LogP contribution in [-0.4, -0.2) is 19.4 Å². The summed E-state index contributed by atoms with van der Waals surface area (Å²) in [4.78, 5) is 4.50. The van der Waals surface area contributed by atoms with Crippen LogP contribution in [0.3, 0.4) is 0 Å². The minimum atomic E-state index is 0.0762. The third kappa shape index (κ3) is 3.44. The molecule has 0 heterocycles. The van der Waals surface area contributed by atoms with Gasteiger partial charge in [-0.05, 0) is 30.7 Å². The Labute approximate surface area is 99.0 Å². The highest BCUT2D eigenvalue weighted by Gasteiger charge is 2.03. The van der Waals surface area contributed by atoms with Gasteiger partial charge in [-0.3, -0.25) is 0 Å². The van der Waals surface area contributed by atoms with Crippen LogP contribution in [0, 0.1) is 18.3 Å². The highest BCUT2D eigenvalue weighted by Crippen LogP contribution is 2.21. The first-order valence-corrected chi connectivity index (χ1v) is 4.94. The van der Waals surface area contributed by atoms with E-state index in [0.29, 0.717) is 10.8 Å². The van der Waals surface area contributed by atoms with Gasteiger partial charge in [-0.2, -0.15) is 5.26 Å². The zero-order chi connectivity index (χ0) is 12.0. The second kappa shape index (κ2) is 5.99. The van der Waals surface area contributed by atoms with Crippen molar-refractivity contribution in [2.45, 2.75) is 6.92 Å². The van der Waals surface area contributed by atoms with Gasteiger partial charge in [0.1, 0.15) is 25.5 Å². The van der Waals surface area contributed by atoms with Gasteiger partial charge < -0.3 is 9.57 Å². The van der Waals surface area contributed by atoms with Crippen molar-refractivity contribution in [3.05, 3.63) is 28.8 Å². The molecule has 5 heteroatoms. The zero-order valence-corrected chi connectivity index (χ0v) is 9.78. The molecule has 0 N–H and O–H groups in total. The number of rotatable bonds is 4. The van der Waals surface area contributed by atoms with Gasteiger partial charge >= 0.3 is 0 Å². The molecule has 0 bridgehead atoms. The van der Waals surface area contributed by atoms with Crippen molar-refractivity contribution >= 4 is 17.3 Å². The molecular weight excluding hydrogens is 228 g/mol. The van der Waals surface area contributed by atoms with Crippen molar-refractivity contribution in [3.8, 4) is 11.8 Å². The van der Waals surface area contributed by atoms with Crippen LogP contribution in [0.15, 0.2) is 23.4 Å². The third-order valence-electron chi connectivity index (χ3n) is 1.83. The molecule has 0 amide bonds. The van der Waals surface area contributed by atoms with Crippen LogP contribution in [0.5, 0.6) is 5.75 Å². The quantitative estimate of drug-likeness (QED) is 0.598. The van der Waals surface area contributed by atoms with Gasteiger partial charge in [0, 0.05) is 5.02 Å². The molecule has 0 unspecified atom stereocenters. The fraction of sp³-hybridized carbons (Fsp3) is 0.273. The van der Waals surface area contributed by atoms with Gasteiger partial charge in [0.15, 0.2) is 5.71 Å². The Morgan fingerprint density at radius 3 is 2.88 bits per heavy atom. The zero-order valence-electron chi connectivity index (χ0n) is 9.03. The van der Waals surface area contributed by atoms with E-state index in [0.717, 1.165) is 5.56 Å². The van der Waals surface area contributed by atoms with Crippen molar-refractivity contribution in [1.29, 1.82) is 5.26 Å². The van der Waals surface area contributed by atoms with E-state index in [1.165, 1.54) is 7.11 Å². The summed E-state index contributed by atoms with van der Waals surface area (Å²) >= 11 is 5.81. The largest absolute Gasteiger partial charge is 0.486 e. The minimum absolute atomic E-state index is 0.0762. The molecule has 1 aromatic rings. The number of hydrogen-bond acceptors (Lipinski definition) is 4. The molecule has 0 saturated heterocycles. The minimum Gasteiger partial charge on any atom is -0.486 e. The van der Waals surface area contributed by atoms with Crippen LogP contribution in [0.2, 0.25) is 5.02 Å². The summed E-state index contributed by atoms with van der Waals surface area (Å²) < 4.78 is 5.41. The second-order valence-corrected chi connectivity index (χ2v) is 3.47. The Kier molecular flexibility index (Phi) is 4.62. The summed E-state index contributed by atoms with van der Waals surface area (Å²) in [6.07, 6.45) is 0. The summed E-state index contributed by atoms with van der Waals surface area (Å²) in [7, 11) is 1.38. The second-order valence-electron chi connectivity index (χ2n) is 3.03. The molecule has 4 nitrogen and oxygen atoms in total. The molecule has 0 atom stereocenters. The van der Waals surface area contributed by atoms with E-state index < -0.39 is 0 Å². The molecule has 0 aliphatic heterocycles. The molecule has 0 radical (unpaired) electrons. The number of oxime groups is 1. The number of hydrogen-bond donors (Lipinski definition) is 0. The van der Waals surface area contributed by atoms with Crippen molar-refractivity contribution in [3.63, 3.8) is 0 Å². The number of ether oxygens (including phenoxy) is 1. The predicted octanol–water partition coefficient (Wildman–Crippen LogP) is 2.55. The fourth-order valence-electron chi connectivity index (χ4n) is 1.11. The average molecular weight is 239 g/mol. The lowest BCUT2D eigenvalue weighted by Crippen LogP contribution is -2.10. The standard InChI is InChI=1S/C11H11ClN2O2/c1-8-5-9(12)3-4-11(8)16-7-10(6-13)14-15-2/h3-5H,7H2,1-2H3. The number of nitrogens with zero attached hydrogens (tertiary/aromatic N) is 2. The molecule has 0 aliphatic rings. The molecule has 0 aromatic heterocycles. The van der Waals surface area contributed by atoms with Crippen LogP contribution in [0.25, 0.3) is 0 Å². The molecule has 84 valence electrons. The predicted molar refractivity (Wildman–Crippen MR) is 61.7 cm³/mol. The van der Waals surface area contributed by atoms with Gasteiger partial charge in [-0.1, -0.05) is 16.8 Å². The van der Waals surface area contributed by atoms with Crippen LogP contribution in [0.4, 0.5) is 0 Å². The lowest BCUT2D eigenvalue weighted by molar-refractivity contribution is 0.210. The molecule has 0 fully saturated rings. The Balaban J connectivity index is 2.68. The smallest absolute Gasteiger partial charge is 0.194 e. The van der Waals surface area contributed by atoms with E-state index in [1.54, 1.807) is 18.2 Å². The average Bonchev–Trinajstić information content (AvgIpc) is 2.26. The topological polar surface area (TPSA) is 54.6 Å². The molecule has 0 spiro atoms. The molecule has 1 aromatic carbocycles. The van der Waals surface area contributed by atoms with Gasteiger partial charge in [-0.25, -0.2) is 0 Å². The number of benzene rings is 1. The number of nitriles is 1. The number of halogens is 1. The highest BCUT2D eigenvalue weighted by molar-refractivity contribution is 6.30. The van der Waals surface area contributed by atoms with Gasteiger partial charge in [-0.15, -0.1) is 0 Å². The van der Waals surface area contributed by atoms with E-state index in [4.69, 9.17) is 21.6 Å². The van der Waals surface area contributed by atoms with Crippen molar-refractivity contribution in [2.24, 2.45) is 5.16 Å². The SMILES string of the molecule is CON=C(C#N)COc1ccc(Cl)cc1C. The highest BCUT2D eigenvalue weighted by atomic mass is 35.5. The first-order chi connectivity index (χ1) is 7.67. The van der Waals surface area contributed by atoms with Crippen LogP contribution < -0.4 is 4.74 Å². The van der Waals surface area contributed by atoms with Crippen molar-refractivity contribution in [2.75, 3.05) is 13.7 Å². The van der Waals surface area contributed by atoms with Crippen LogP contribution in [0.1, 0.15) is 5.56 Å². The summed E-state index contributed by atoms with van der Waals surface area (Å²) in [5.74, 6) is 0.670. The van der Waals surface area contributed by atoms with Crippen molar-refractivity contribution in [1.82, 2.24) is 0 Å². The molecule has 0 aliphatic carbocycles. The Bertz CT molecular complexity index is 438. The summed E-state index contributed by atoms with van der Waals surface area (Å²) in [5, 5.41) is 12.8. The summed E-state index contributed by atoms with van der Waals surface area (Å²) in [6, 6.07) is 7.14. The van der Waals surface area contributed by atoms with E-state index in [2.05, 4.69) is 9.99 Å². The van der Waals surface area contributed by atoms with E-state index >= 15 is 0 Å². The summed E-state index contributed by atoms with van der Waals surface area (Å²) in [6.45, 7) is 1.95. The summed E-state index contributed by atoms with van der Waals surface area (Å²) in [5.41, 5.74) is 1.08. The monoisotopic (exact) mass is 238 g/mol. The molecule has 16 heavy (non-hydrogen) atoms. The van der Waals surface area contributed by atoms with Crippen LogP contribution in [-0.2, 0) is 4.84 Å².